The van der Waals surface area contributed by atoms with Crippen molar-refractivity contribution in [2.75, 3.05) is 70.8 Å². The smallest absolute Gasteiger partial charge is 0.326 e. The van der Waals surface area contributed by atoms with Crippen LogP contribution < -0.4 is 15.5 Å². The van der Waals surface area contributed by atoms with Crippen molar-refractivity contribution in [1.29, 1.82) is 0 Å². The van der Waals surface area contributed by atoms with Gasteiger partial charge in [-0.15, -0.1) is 0 Å². The summed E-state index contributed by atoms with van der Waals surface area (Å²) in [4.78, 5) is 75.6. The topological polar surface area (TPSA) is 190 Å². The summed E-state index contributed by atoms with van der Waals surface area (Å²) in [6.45, 7) is 3.01. The van der Waals surface area contributed by atoms with Gasteiger partial charge in [-0.05, 0) is 43.0 Å². The summed E-state index contributed by atoms with van der Waals surface area (Å²) < 4.78 is 21.6. The summed E-state index contributed by atoms with van der Waals surface area (Å²) in [5.41, 5.74) is 3.23. The molecule has 0 radical (unpaired) electrons. The third-order valence-corrected chi connectivity index (χ3v) is 8.56. The van der Waals surface area contributed by atoms with Gasteiger partial charge in [0, 0.05) is 49.1 Å². The van der Waals surface area contributed by atoms with Crippen LogP contribution >= 0.6 is 0 Å². The van der Waals surface area contributed by atoms with Crippen LogP contribution in [0.1, 0.15) is 55.2 Å². The summed E-state index contributed by atoms with van der Waals surface area (Å²) in [5.74, 6) is 3.59. The van der Waals surface area contributed by atoms with Crippen molar-refractivity contribution in [1.82, 2.24) is 15.5 Å². The molecule has 2 aromatic rings. The van der Waals surface area contributed by atoms with Gasteiger partial charge in [-0.3, -0.25) is 28.9 Å². The Labute approximate surface area is 320 Å². The number of nitrogens with zero attached hydrogens (tertiary/aromatic N) is 2. The molecule has 0 saturated heterocycles. The molecule has 2 heterocycles. The summed E-state index contributed by atoms with van der Waals surface area (Å²) in [5, 5.41) is 14.9. The van der Waals surface area contributed by atoms with E-state index in [9.17, 15) is 33.9 Å². The van der Waals surface area contributed by atoms with Gasteiger partial charge in [0.15, 0.2) is 0 Å². The number of nitrogens with one attached hydrogen (secondary N) is 2. The van der Waals surface area contributed by atoms with Crippen molar-refractivity contribution in [3.05, 3.63) is 77.4 Å². The molecule has 4 rings (SSSR count). The number of anilines is 1. The minimum absolute atomic E-state index is 0.00713. The Morgan fingerprint density at radius 2 is 1.31 bits per heavy atom. The van der Waals surface area contributed by atoms with E-state index in [1.165, 1.54) is 12.2 Å². The number of rotatable bonds is 25. The number of carboxylic acid groups (broad SMARTS) is 1. The number of carbonyl (C=O) groups is 6. The van der Waals surface area contributed by atoms with Gasteiger partial charge in [0.2, 0.25) is 17.7 Å². The first-order chi connectivity index (χ1) is 26.7. The zero-order valence-corrected chi connectivity index (χ0v) is 30.8. The minimum atomic E-state index is -1.15. The van der Waals surface area contributed by atoms with Gasteiger partial charge in [-0.1, -0.05) is 42.2 Å². The van der Waals surface area contributed by atoms with Gasteiger partial charge in [0.25, 0.3) is 11.8 Å². The molecule has 0 unspecified atom stereocenters. The number of amides is 5. The number of unbranched alkanes of at least 4 members (excludes halogenated alkanes) is 1. The Bertz CT molecular complexity index is 1720. The van der Waals surface area contributed by atoms with E-state index in [0.717, 1.165) is 21.6 Å². The van der Waals surface area contributed by atoms with Crippen molar-refractivity contribution in [3.8, 4) is 11.8 Å². The molecule has 15 nitrogen and oxygen atoms in total. The largest absolute Gasteiger partial charge is 0.480 e. The van der Waals surface area contributed by atoms with Gasteiger partial charge in [-0.2, -0.15) is 0 Å². The summed E-state index contributed by atoms with van der Waals surface area (Å²) in [6, 6.07) is 14.1. The van der Waals surface area contributed by atoms with Gasteiger partial charge in [0.1, 0.15) is 6.04 Å². The molecule has 2 aliphatic heterocycles. The van der Waals surface area contributed by atoms with Crippen LogP contribution in [0.4, 0.5) is 5.69 Å². The second kappa shape index (κ2) is 23.4. The van der Waals surface area contributed by atoms with E-state index < -0.39 is 17.9 Å². The van der Waals surface area contributed by atoms with Crippen LogP contribution in [0.15, 0.2) is 60.7 Å². The van der Waals surface area contributed by atoms with E-state index in [4.69, 9.17) is 18.9 Å². The van der Waals surface area contributed by atoms with E-state index >= 15 is 0 Å². The standard InChI is InChI=1S/C40H48N4O11/c45-35(14-15-39(49)44-29-32-9-2-1-7-30(32)12-13-31-8-3-4-11-34(31)44)41-19-6-5-10-33(40(50)51)42-36(46)18-21-52-23-25-54-27-28-55-26-24-53-22-20-43-37(47)16-17-38(43)48/h1-4,7-9,11,16-17,33H,5-6,10,14-15,18-29H2,(H,41,45)(H,42,46)(H,50,51)/t33-/m1/s1. The lowest BCUT2D eigenvalue weighted by molar-refractivity contribution is -0.142. The van der Waals surface area contributed by atoms with Crippen LogP contribution in [0, 0.1) is 11.8 Å². The summed E-state index contributed by atoms with van der Waals surface area (Å²) in [6.07, 6.45) is 3.60. The highest BCUT2D eigenvalue weighted by Crippen LogP contribution is 2.26. The van der Waals surface area contributed by atoms with Gasteiger partial charge in [-0.25, -0.2) is 4.79 Å². The zero-order valence-electron chi connectivity index (χ0n) is 30.8. The maximum absolute atomic E-state index is 13.3. The van der Waals surface area contributed by atoms with Crippen molar-refractivity contribution in [2.24, 2.45) is 0 Å². The van der Waals surface area contributed by atoms with Gasteiger partial charge >= 0.3 is 5.97 Å². The van der Waals surface area contributed by atoms with Crippen LogP contribution in [0.5, 0.6) is 0 Å². The van der Waals surface area contributed by atoms with Crippen LogP contribution in [0.2, 0.25) is 0 Å². The van der Waals surface area contributed by atoms with E-state index in [-0.39, 0.29) is 82.3 Å². The van der Waals surface area contributed by atoms with E-state index in [1.54, 1.807) is 4.90 Å². The van der Waals surface area contributed by atoms with Crippen LogP contribution in [-0.2, 0) is 54.3 Å². The number of fused-ring (bicyclic) bond motifs is 2. The monoisotopic (exact) mass is 760 g/mol. The molecule has 5 amide bonds. The Morgan fingerprint density at radius 3 is 2.00 bits per heavy atom. The van der Waals surface area contributed by atoms with Crippen LogP contribution in [0.25, 0.3) is 0 Å². The third kappa shape index (κ3) is 14.7. The minimum Gasteiger partial charge on any atom is -0.480 e. The lowest BCUT2D eigenvalue weighted by Gasteiger charge is -2.26. The molecular formula is C40H48N4O11. The number of hydrogen-bond acceptors (Lipinski definition) is 10. The van der Waals surface area contributed by atoms with Crippen molar-refractivity contribution < 1.29 is 52.8 Å². The number of ether oxygens (including phenoxy) is 4. The number of para-hydroxylation sites is 1. The lowest BCUT2D eigenvalue weighted by Crippen LogP contribution is -2.41. The molecule has 1 atom stereocenters. The predicted molar refractivity (Wildman–Crippen MR) is 199 cm³/mol. The molecule has 2 aromatic carbocycles. The average Bonchev–Trinajstić information content (AvgIpc) is 3.49. The van der Waals surface area contributed by atoms with Crippen molar-refractivity contribution in [2.45, 2.75) is 51.1 Å². The molecule has 0 saturated carbocycles. The SMILES string of the molecule is O=C(CCC(=O)N1Cc2ccccc2C#Cc2ccccc21)NCCCC[C@@H](NC(=O)CCOCCOCCOCCOCCN1C(=O)C=CC1=O)C(=O)O. The van der Waals surface area contributed by atoms with E-state index in [2.05, 4.69) is 22.5 Å². The molecule has 0 aromatic heterocycles. The molecule has 3 N–H and O–H groups in total. The van der Waals surface area contributed by atoms with E-state index in [0.29, 0.717) is 58.0 Å². The molecule has 0 bridgehead atoms. The summed E-state index contributed by atoms with van der Waals surface area (Å²) >= 11 is 0. The predicted octanol–water partition coefficient (Wildman–Crippen LogP) is 1.95. The highest BCUT2D eigenvalue weighted by Gasteiger charge is 2.24. The molecule has 15 heteroatoms. The number of aliphatic carboxylic acids is 1. The molecular weight excluding hydrogens is 712 g/mol. The number of imide groups is 1. The number of carbonyl (C=O) groups excluding carboxylic acids is 5. The van der Waals surface area contributed by atoms with Gasteiger partial charge in [0.05, 0.1) is 71.6 Å². The second-order valence-corrected chi connectivity index (χ2v) is 12.6. The molecule has 0 spiro atoms. The van der Waals surface area contributed by atoms with Crippen LogP contribution in [-0.4, -0.2) is 117 Å². The van der Waals surface area contributed by atoms with E-state index in [1.807, 2.05) is 48.5 Å². The molecule has 55 heavy (non-hydrogen) atoms. The van der Waals surface area contributed by atoms with Crippen molar-refractivity contribution >= 4 is 41.2 Å². The average molecular weight is 761 g/mol. The Hall–Kier alpha value is -5.40. The van der Waals surface area contributed by atoms with Crippen LogP contribution in [0.3, 0.4) is 0 Å². The highest BCUT2D eigenvalue weighted by atomic mass is 16.6. The maximum Gasteiger partial charge on any atom is 0.326 e. The quantitative estimate of drug-likeness (QED) is 0.0762. The highest BCUT2D eigenvalue weighted by molar-refractivity contribution is 6.12. The molecule has 0 aliphatic carbocycles. The molecule has 0 fully saturated rings. The number of benzene rings is 2. The Morgan fingerprint density at radius 1 is 0.709 bits per heavy atom. The third-order valence-electron chi connectivity index (χ3n) is 8.56. The fraction of sp³-hybridized carbons (Fsp3) is 0.450. The number of hydrogen-bond donors (Lipinski definition) is 3. The van der Waals surface area contributed by atoms with Gasteiger partial charge < -0.3 is 39.6 Å². The fourth-order valence-electron chi connectivity index (χ4n) is 5.61. The first kappa shape index (κ1) is 42.3. The first-order valence-corrected chi connectivity index (χ1v) is 18.4. The maximum atomic E-state index is 13.3. The molecule has 294 valence electrons. The summed E-state index contributed by atoms with van der Waals surface area (Å²) in [7, 11) is 0. The van der Waals surface area contributed by atoms with Crippen molar-refractivity contribution in [3.63, 3.8) is 0 Å². The molecule has 2 aliphatic rings. The first-order valence-electron chi connectivity index (χ1n) is 18.4. The lowest BCUT2D eigenvalue weighted by atomic mass is 10.0. The second-order valence-electron chi connectivity index (χ2n) is 12.6. The normalized spacial score (nSPS) is 13.6. The Kier molecular flexibility index (Phi) is 18.0. The number of carboxylic acids is 1. The zero-order chi connectivity index (χ0) is 39.3. The Balaban J connectivity index is 0.989. The fourth-order valence-corrected chi connectivity index (χ4v) is 5.61.